The molecule has 0 atom stereocenters. The lowest BCUT2D eigenvalue weighted by molar-refractivity contribution is 0.476. The SMILES string of the molecule is O=c1oc2c(-c3cc(Cl)ccc3Cl)cc(O)cc2s1. The van der Waals surface area contributed by atoms with Gasteiger partial charge in [-0.05, 0) is 24.3 Å². The van der Waals surface area contributed by atoms with Gasteiger partial charge < -0.3 is 9.52 Å². The van der Waals surface area contributed by atoms with Crippen molar-refractivity contribution in [2.75, 3.05) is 0 Å². The molecule has 1 heterocycles. The zero-order valence-corrected chi connectivity index (χ0v) is 11.6. The maximum atomic E-state index is 11.3. The quantitative estimate of drug-likeness (QED) is 0.718. The van der Waals surface area contributed by atoms with Gasteiger partial charge in [0.2, 0.25) is 0 Å². The highest BCUT2D eigenvalue weighted by atomic mass is 35.5. The molecule has 0 saturated carbocycles. The molecule has 0 saturated heterocycles. The van der Waals surface area contributed by atoms with Gasteiger partial charge in [0, 0.05) is 27.2 Å². The summed E-state index contributed by atoms with van der Waals surface area (Å²) in [4.78, 5) is 10.9. The van der Waals surface area contributed by atoms with Crippen LogP contribution >= 0.6 is 34.5 Å². The van der Waals surface area contributed by atoms with Gasteiger partial charge >= 0.3 is 4.94 Å². The minimum Gasteiger partial charge on any atom is -0.508 e. The smallest absolute Gasteiger partial charge is 0.396 e. The number of benzene rings is 2. The molecule has 0 aliphatic rings. The fourth-order valence-electron chi connectivity index (χ4n) is 1.87. The summed E-state index contributed by atoms with van der Waals surface area (Å²) < 4.78 is 5.72. The van der Waals surface area contributed by atoms with Gasteiger partial charge in [0.15, 0.2) is 5.58 Å². The van der Waals surface area contributed by atoms with E-state index in [-0.39, 0.29) is 5.75 Å². The predicted octanol–water partition coefficient (Wildman–Crippen LogP) is 4.53. The van der Waals surface area contributed by atoms with E-state index in [2.05, 4.69) is 0 Å². The van der Waals surface area contributed by atoms with Crippen LogP contribution in [-0.2, 0) is 0 Å². The fourth-order valence-corrected chi connectivity index (χ4v) is 2.99. The van der Waals surface area contributed by atoms with Gasteiger partial charge in [-0.1, -0.05) is 34.5 Å². The van der Waals surface area contributed by atoms with E-state index in [1.54, 1.807) is 18.2 Å². The second-order valence-electron chi connectivity index (χ2n) is 3.90. The van der Waals surface area contributed by atoms with Crippen LogP contribution < -0.4 is 4.94 Å². The average molecular weight is 313 g/mol. The zero-order chi connectivity index (χ0) is 13.6. The molecule has 0 radical (unpaired) electrons. The lowest BCUT2D eigenvalue weighted by Crippen LogP contribution is -1.83. The third-order valence-corrected chi connectivity index (χ3v) is 3.97. The van der Waals surface area contributed by atoms with Crippen molar-refractivity contribution in [3.63, 3.8) is 0 Å². The minimum absolute atomic E-state index is 0.0376. The van der Waals surface area contributed by atoms with Crippen molar-refractivity contribution >= 4 is 44.8 Å². The molecule has 0 aliphatic carbocycles. The Morgan fingerprint density at radius 3 is 2.68 bits per heavy atom. The van der Waals surface area contributed by atoms with E-state index in [1.807, 2.05) is 0 Å². The van der Waals surface area contributed by atoms with Crippen LogP contribution in [0.3, 0.4) is 0 Å². The minimum atomic E-state index is -0.431. The van der Waals surface area contributed by atoms with Gasteiger partial charge in [-0.2, -0.15) is 0 Å². The Kier molecular flexibility index (Phi) is 3.01. The van der Waals surface area contributed by atoms with Crippen molar-refractivity contribution in [2.24, 2.45) is 0 Å². The lowest BCUT2D eigenvalue weighted by atomic mass is 10.0. The van der Waals surface area contributed by atoms with E-state index in [1.165, 1.54) is 12.1 Å². The van der Waals surface area contributed by atoms with Gasteiger partial charge in [0.05, 0.1) is 4.70 Å². The van der Waals surface area contributed by atoms with Gasteiger partial charge in [-0.3, -0.25) is 0 Å². The van der Waals surface area contributed by atoms with Crippen molar-refractivity contribution < 1.29 is 9.52 Å². The molecular formula is C13H6Cl2O3S. The number of phenols is 1. The first-order valence-corrected chi connectivity index (χ1v) is 6.84. The van der Waals surface area contributed by atoms with E-state index in [4.69, 9.17) is 27.6 Å². The van der Waals surface area contributed by atoms with Crippen molar-refractivity contribution in [2.45, 2.75) is 0 Å². The van der Waals surface area contributed by atoms with Gasteiger partial charge in [0.1, 0.15) is 5.75 Å². The molecule has 19 heavy (non-hydrogen) atoms. The molecule has 3 nitrogen and oxygen atoms in total. The summed E-state index contributed by atoms with van der Waals surface area (Å²) in [5, 5.41) is 10.7. The lowest BCUT2D eigenvalue weighted by Gasteiger charge is -2.06. The first kappa shape index (κ1) is 12.5. The summed E-state index contributed by atoms with van der Waals surface area (Å²) in [5.41, 5.74) is 1.55. The second-order valence-corrected chi connectivity index (χ2v) is 5.72. The molecule has 0 bridgehead atoms. The molecule has 3 rings (SSSR count). The Labute approximate surface area is 121 Å². The van der Waals surface area contributed by atoms with E-state index < -0.39 is 4.94 Å². The van der Waals surface area contributed by atoms with E-state index in [0.29, 0.717) is 31.5 Å². The largest absolute Gasteiger partial charge is 0.508 e. The summed E-state index contributed by atoms with van der Waals surface area (Å²) in [7, 11) is 0. The summed E-state index contributed by atoms with van der Waals surface area (Å²) in [6.45, 7) is 0. The monoisotopic (exact) mass is 312 g/mol. The van der Waals surface area contributed by atoms with Gasteiger partial charge in [-0.15, -0.1) is 0 Å². The van der Waals surface area contributed by atoms with Gasteiger partial charge in [-0.25, -0.2) is 4.79 Å². The Hall–Kier alpha value is -1.49. The molecule has 0 spiro atoms. The van der Waals surface area contributed by atoms with E-state index in [9.17, 15) is 9.90 Å². The van der Waals surface area contributed by atoms with Crippen LogP contribution in [0.5, 0.6) is 5.75 Å². The Bertz CT molecular complexity index is 836. The molecular weight excluding hydrogens is 307 g/mol. The number of phenolic OH excluding ortho intramolecular Hbond substituents is 1. The summed E-state index contributed by atoms with van der Waals surface area (Å²) >= 11 is 13.0. The highest BCUT2D eigenvalue weighted by Crippen LogP contribution is 2.38. The topological polar surface area (TPSA) is 50.4 Å². The van der Waals surface area contributed by atoms with Crippen LogP contribution in [0.4, 0.5) is 0 Å². The summed E-state index contributed by atoms with van der Waals surface area (Å²) in [5.74, 6) is 0.0376. The van der Waals surface area contributed by atoms with Crippen LogP contribution in [0.2, 0.25) is 10.0 Å². The van der Waals surface area contributed by atoms with Crippen molar-refractivity contribution in [3.05, 3.63) is 50.1 Å². The third kappa shape index (κ3) is 2.23. The zero-order valence-electron chi connectivity index (χ0n) is 9.31. The number of hydrogen-bond acceptors (Lipinski definition) is 4. The van der Waals surface area contributed by atoms with Crippen molar-refractivity contribution in [3.8, 4) is 16.9 Å². The molecule has 0 fully saturated rings. The number of rotatable bonds is 1. The van der Waals surface area contributed by atoms with E-state index >= 15 is 0 Å². The molecule has 1 N–H and O–H groups in total. The van der Waals surface area contributed by atoms with Crippen LogP contribution in [0.25, 0.3) is 21.4 Å². The number of aromatic hydroxyl groups is 1. The Morgan fingerprint density at radius 1 is 1.11 bits per heavy atom. The first-order valence-electron chi connectivity index (χ1n) is 5.26. The van der Waals surface area contributed by atoms with Gasteiger partial charge in [0.25, 0.3) is 0 Å². The Balaban J connectivity index is 2.41. The van der Waals surface area contributed by atoms with Crippen molar-refractivity contribution in [1.29, 1.82) is 0 Å². The first-order chi connectivity index (χ1) is 9.04. The molecule has 3 aromatic rings. The van der Waals surface area contributed by atoms with Crippen LogP contribution in [-0.4, -0.2) is 5.11 Å². The van der Waals surface area contributed by atoms with Crippen LogP contribution in [0, 0.1) is 0 Å². The Morgan fingerprint density at radius 2 is 1.89 bits per heavy atom. The molecule has 0 unspecified atom stereocenters. The number of hydrogen-bond donors (Lipinski definition) is 1. The predicted molar refractivity (Wildman–Crippen MR) is 77.5 cm³/mol. The molecule has 96 valence electrons. The standard InChI is InChI=1S/C13H6Cl2O3S/c14-6-1-2-10(15)8(3-6)9-4-7(16)5-11-12(9)18-13(17)19-11/h1-5,16H. The number of halogens is 2. The highest BCUT2D eigenvalue weighted by Gasteiger charge is 2.14. The molecule has 0 amide bonds. The molecule has 6 heteroatoms. The third-order valence-electron chi connectivity index (χ3n) is 2.64. The second kappa shape index (κ2) is 4.56. The number of fused-ring (bicyclic) bond motifs is 1. The van der Waals surface area contributed by atoms with Crippen molar-refractivity contribution in [1.82, 2.24) is 0 Å². The highest BCUT2D eigenvalue weighted by molar-refractivity contribution is 7.16. The van der Waals surface area contributed by atoms with Crippen LogP contribution in [0.1, 0.15) is 0 Å². The summed E-state index contributed by atoms with van der Waals surface area (Å²) in [6.07, 6.45) is 0. The maximum absolute atomic E-state index is 11.3. The molecule has 1 aromatic heterocycles. The molecule has 0 aliphatic heterocycles. The molecule has 2 aromatic carbocycles. The van der Waals surface area contributed by atoms with Crippen LogP contribution in [0.15, 0.2) is 39.5 Å². The normalized spacial score (nSPS) is 11.1. The maximum Gasteiger partial charge on any atom is 0.396 e. The fraction of sp³-hybridized carbons (Fsp3) is 0. The van der Waals surface area contributed by atoms with E-state index in [0.717, 1.165) is 11.3 Å². The average Bonchev–Trinajstić information content (AvgIpc) is 2.71. The summed E-state index contributed by atoms with van der Waals surface area (Å²) in [6, 6.07) is 7.95.